The molecule has 0 spiro atoms. The van der Waals surface area contributed by atoms with E-state index in [1.54, 1.807) is 12.1 Å². The Morgan fingerprint density at radius 2 is 1.81 bits per heavy atom. The van der Waals surface area contributed by atoms with Gasteiger partial charge in [-0.1, -0.05) is 24.3 Å². The van der Waals surface area contributed by atoms with Crippen LogP contribution in [0.5, 0.6) is 5.75 Å². The average Bonchev–Trinajstić information content (AvgIpc) is 2.29. The smallest absolute Gasteiger partial charge is 0.116 e. The SMILES string of the molecule is CN(C)c1[c]ccc(-c2cccc(O)c2)c1. The van der Waals surface area contributed by atoms with Gasteiger partial charge in [0.25, 0.3) is 0 Å². The second-order valence-corrected chi connectivity index (χ2v) is 3.91. The minimum absolute atomic E-state index is 0.289. The maximum absolute atomic E-state index is 9.43. The van der Waals surface area contributed by atoms with Gasteiger partial charge in [0, 0.05) is 25.8 Å². The number of nitrogens with zero attached hydrogens (tertiary/aromatic N) is 1. The fourth-order valence-electron chi connectivity index (χ4n) is 1.58. The molecule has 2 aromatic carbocycles. The predicted octanol–water partition coefficient (Wildman–Crippen LogP) is 2.93. The number of hydrogen-bond acceptors (Lipinski definition) is 2. The van der Waals surface area contributed by atoms with Crippen LogP contribution in [0.1, 0.15) is 0 Å². The van der Waals surface area contributed by atoms with Gasteiger partial charge in [0.05, 0.1) is 0 Å². The summed E-state index contributed by atoms with van der Waals surface area (Å²) in [5.41, 5.74) is 3.12. The van der Waals surface area contributed by atoms with Gasteiger partial charge in [0.1, 0.15) is 5.75 Å². The quantitative estimate of drug-likeness (QED) is 0.827. The molecule has 0 aliphatic rings. The summed E-state index contributed by atoms with van der Waals surface area (Å²) in [5.74, 6) is 0.289. The Morgan fingerprint density at radius 1 is 1.06 bits per heavy atom. The lowest BCUT2D eigenvalue weighted by Gasteiger charge is -2.13. The van der Waals surface area contributed by atoms with Crippen molar-refractivity contribution in [3.05, 3.63) is 48.5 Å². The average molecular weight is 212 g/mol. The minimum Gasteiger partial charge on any atom is -0.508 e. The summed E-state index contributed by atoms with van der Waals surface area (Å²) in [7, 11) is 3.97. The topological polar surface area (TPSA) is 23.5 Å². The van der Waals surface area contributed by atoms with Crippen molar-refractivity contribution in [2.45, 2.75) is 0 Å². The number of hydrogen-bond donors (Lipinski definition) is 1. The Labute approximate surface area is 95.8 Å². The molecule has 16 heavy (non-hydrogen) atoms. The molecule has 2 heteroatoms. The van der Waals surface area contributed by atoms with Gasteiger partial charge in [0.2, 0.25) is 0 Å². The van der Waals surface area contributed by atoms with E-state index in [1.807, 2.05) is 43.3 Å². The first kappa shape index (κ1) is 10.6. The number of aromatic hydroxyl groups is 1. The van der Waals surface area contributed by atoms with Gasteiger partial charge in [-0.2, -0.15) is 0 Å². The molecule has 0 heterocycles. The van der Waals surface area contributed by atoms with E-state index in [9.17, 15) is 5.11 Å². The first-order valence-electron chi connectivity index (χ1n) is 5.15. The number of anilines is 1. The van der Waals surface area contributed by atoms with Gasteiger partial charge in [-0.05, 0) is 29.3 Å². The number of phenolic OH excluding ortho intramolecular Hbond substituents is 1. The van der Waals surface area contributed by atoms with Gasteiger partial charge >= 0.3 is 0 Å². The van der Waals surface area contributed by atoms with Crippen LogP contribution >= 0.6 is 0 Å². The zero-order valence-electron chi connectivity index (χ0n) is 9.44. The van der Waals surface area contributed by atoms with E-state index in [-0.39, 0.29) is 5.75 Å². The highest BCUT2D eigenvalue weighted by atomic mass is 16.3. The fourth-order valence-corrected chi connectivity index (χ4v) is 1.58. The summed E-state index contributed by atoms with van der Waals surface area (Å²) >= 11 is 0. The monoisotopic (exact) mass is 212 g/mol. The first-order valence-corrected chi connectivity index (χ1v) is 5.15. The standard InChI is InChI=1S/C14H14NO/c1-15(2)13-7-3-5-11(9-13)12-6-4-8-14(16)10-12/h3-6,8-10,16H,1-2H3. The van der Waals surface area contributed by atoms with Crippen molar-refractivity contribution in [3.63, 3.8) is 0 Å². The van der Waals surface area contributed by atoms with Crippen molar-refractivity contribution in [2.24, 2.45) is 0 Å². The highest BCUT2D eigenvalue weighted by Gasteiger charge is 2.01. The first-order chi connectivity index (χ1) is 7.66. The third kappa shape index (κ3) is 2.16. The summed E-state index contributed by atoms with van der Waals surface area (Å²) in [6, 6.07) is 16.3. The fraction of sp³-hybridized carbons (Fsp3) is 0.143. The van der Waals surface area contributed by atoms with Crippen LogP contribution in [0.2, 0.25) is 0 Å². The van der Waals surface area contributed by atoms with Gasteiger partial charge in [0.15, 0.2) is 0 Å². The molecule has 0 bridgehead atoms. The summed E-state index contributed by atoms with van der Waals surface area (Å²) in [4.78, 5) is 2.01. The van der Waals surface area contributed by atoms with Crippen molar-refractivity contribution >= 4 is 5.69 Å². The zero-order valence-corrected chi connectivity index (χ0v) is 9.44. The Hall–Kier alpha value is -1.96. The summed E-state index contributed by atoms with van der Waals surface area (Å²) in [6.07, 6.45) is 0. The molecule has 0 saturated heterocycles. The molecule has 0 saturated carbocycles. The van der Waals surface area contributed by atoms with Crippen LogP contribution in [0, 0.1) is 6.07 Å². The number of rotatable bonds is 2. The van der Waals surface area contributed by atoms with Gasteiger partial charge in [-0.3, -0.25) is 0 Å². The summed E-state index contributed by atoms with van der Waals surface area (Å²) < 4.78 is 0. The summed E-state index contributed by atoms with van der Waals surface area (Å²) in [5, 5.41) is 9.43. The van der Waals surface area contributed by atoms with E-state index in [0.717, 1.165) is 16.8 Å². The van der Waals surface area contributed by atoms with E-state index in [2.05, 4.69) is 12.1 Å². The normalized spacial score (nSPS) is 10.1. The van der Waals surface area contributed by atoms with Crippen molar-refractivity contribution < 1.29 is 5.11 Å². The molecule has 2 nitrogen and oxygen atoms in total. The van der Waals surface area contributed by atoms with Gasteiger partial charge < -0.3 is 10.0 Å². The molecule has 81 valence electrons. The Bertz CT molecular complexity index is 492. The molecule has 0 amide bonds. The second-order valence-electron chi connectivity index (χ2n) is 3.91. The van der Waals surface area contributed by atoms with Gasteiger partial charge in [-0.25, -0.2) is 0 Å². The van der Waals surface area contributed by atoms with E-state index >= 15 is 0 Å². The Kier molecular flexibility index (Phi) is 2.82. The summed E-state index contributed by atoms with van der Waals surface area (Å²) in [6.45, 7) is 0. The number of phenols is 1. The third-order valence-electron chi connectivity index (χ3n) is 2.45. The maximum Gasteiger partial charge on any atom is 0.116 e. The van der Waals surface area contributed by atoms with Crippen LogP contribution in [-0.4, -0.2) is 19.2 Å². The van der Waals surface area contributed by atoms with E-state index < -0.39 is 0 Å². The molecule has 2 aromatic rings. The molecule has 1 N–H and O–H groups in total. The Balaban J connectivity index is 2.44. The van der Waals surface area contributed by atoms with Crippen LogP contribution in [0.4, 0.5) is 5.69 Å². The molecule has 0 atom stereocenters. The Morgan fingerprint density at radius 3 is 2.50 bits per heavy atom. The second kappa shape index (κ2) is 4.27. The van der Waals surface area contributed by atoms with Crippen LogP contribution in [0.3, 0.4) is 0 Å². The van der Waals surface area contributed by atoms with Crippen molar-refractivity contribution in [2.75, 3.05) is 19.0 Å². The highest BCUT2D eigenvalue weighted by Crippen LogP contribution is 2.25. The molecule has 0 unspecified atom stereocenters. The zero-order chi connectivity index (χ0) is 11.5. The van der Waals surface area contributed by atoms with Crippen molar-refractivity contribution in [3.8, 4) is 16.9 Å². The minimum atomic E-state index is 0.289. The van der Waals surface area contributed by atoms with Crippen LogP contribution in [-0.2, 0) is 0 Å². The third-order valence-corrected chi connectivity index (χ3v) is 2.45. The largest absolute Gasteiger partial charge is 0.508 e. The van der Waals surface area contributed by atoms with E-state index in [1.165, 1.54) is 0 Å². The van der Waals surface area contributed by atoms with E-state index in [0.29, 0.717) is 0 Å². The molecule has 1 radical (unpaired) electrons. The lowest BCUT2D eigenvalue weighted by Crippen LogP contribution is -2.08. The van der Waals surface area contributed by atoms with E-state index in [4.69, 9.17) is 0 Å². The van der Waals surface area contributed by atoms with Crippen LogP contribution in [0.15, 0.2) is 42.5 Å². The van der Waals surface area contributed by atoms with Crippen molar-refractivity contribution in [1.29, 1.82) is 0 Å². The molecule has 0 fully saturated rings. The molecule has 0 aliphatic heterocycles. The van der Waals surface area contributed by atoms with Crippen LogP contribution in [0.25, 0.3) is 11.1 Å². The van der Waals surface area contributed by atoms with Crippen LogP contribution < -0.4 is 4.90 Å². The molecular formula is C14H14NO. The molecule has 2 rings (SSSR count). The predicted molar refractivity (Wildman–Crippen MR) is 66.7 cm³/mol. The van der Waals surface area contributed by atoms with Crippen molar-refractivity contribution in [1.82, 2.24) is 0 Å². The number of benzene rings is 2. The maximum atomic E-state index is 9.43. The molecule has 0 aromatic heterocycles. The lowest BCUT2D eigenvalue weighted by molar-refractivity contribution is 0.475. The molecule has 0 aliphatic carbocycles. The highest BCUT2D eigenvalue weighted by molar-refractivity contribution is 5.69. The lowest BCUT2D eigenvalue weighted by atomic mass is 10.0. The molecular weight excluding hydrogens is 198 g/mol. The van der Waals surface area contributed by atoms with Gasteiger partial charge in [-0.15, -0.1) is 0 Å².